The van der Waals surface area contributed by atoms with E-state index in [0.717, 1.165) is 17.0 Å². The molecule has 172 valence electrons. The molecule has 0 aromatic heterocycles. The van der Waals surface area contributed by atoms with Gasteiger partial charge in [-0.15, -0.1) is 0 Å². The molecule has 0 aliphatic rings. The predicted octanol–water partition coefficient (Wildman–Crippen LogP) is 3.36. The van der Waals surface area contributed by atoms with Gasteiger partial charge in [0.2, 0.25) is 0 Å². The van der Waals surface area contributed by atoms with Crippen LogP contribution in [0.3, 0.4) is 0 Å². The zero-order chi connectivity index (χ0) is 23.9. The van der Waals surface area contributed by atoms with Gasteiger partial charge in [0.1, 0.15) is 17.5 Å². The Kier molecular flexibility index (Phi) is 9.48. The summed E-state index contributed by atoms with van der Waals surface area (Å²) in [5.41, 5.74) is -2.26. The lowest BCUT2D eigenvalue weighted by molar-refractivity contribution is -0.0916. The van der Waals surface area contributed by atoms with Gasteiger partial charge < -0.3 is 25.5 Å². The van der Waals surface area contributed by atoms with Crippen LogP contribution in [0.1, 0.15) is 36.7 Å². The van der Waals surface area contributed by atoms with Crippen molar-refractivity contribution in [3.05, 3.63) is 58.9 Å². The maximum absolute atomic E-state index is 14.5. The van der Waals surface area contributed by atoms with Crippen molar-refractivity contribution >= 4 is 17.3 Å². The minimum Gasteiger partial charge on any atom is -0.394 e. The highest BCUT2D eigenvalue weighted by molar-refractivity contribution is 6.00. The molecule has 0 aliphatic heterocycles. The maximum Gasteiger partial charge on any atom is 0.255 e. The molecule has 0 saturated carbocycles. The van der Waals surface area contributed by atoms with Crippen molar-refractivity contribution in [2.45, 2.75) is 39.4 Å². The topological polar surface area (TPSA) is 93.0 Å². The molecule has 2 aromatic carbocycles. The molecular formula is C22H29F3N2O4. The Hall–Kier alpha value is -2.62. The fourth-order valence-electron chi connectivity index (χ4n) is 2.77. The SMILES string of the molecule is CC.Cc1ccc(Nc2c(C(=O)N(C)CC(C)(O)C(O)CO)ccc(F)c2F)c(F)c1. The van der Waals surface area contributed by atoms with Crippen LogP contribution in [0.25, 0.3) is 0 Å². The number of hydrogen-bond donors (Lipinski definition) is 4. The first-order valence-electron chi connectivity index (χ1n) is 9.76. The van der Waals surface area contributed by atoms with E-state index >= 15 is 0 Å². The van der Waals surface area contributed by atoms with Crippen LogP contribution in [0.15, 0.2) is 30.3 Å². The second kappa shape index (κ2) is 11.1. The highest BCUT2D eigenvalue weighted by atomic mass is 19.2. The van der Waals surface area contributed by atoms with Crippen LogP contribution in [-0.2, 0) is 0 Å². The molecule has 6 nitrogen and oxygen atoms in total. The van der Waals surface area contributed by atoms with Crippen LogP contribution in [0.4, 0.5) is 24.5 Å². The van der Waals surface area contributed by atoms with E-state index in [1.54, 1.807) is 13.0 Å². The van der Waals surface area contributed by atoms with Crippen LogP contribution in [0.2, 0.25) is 0 Å². The summed E-state index contributed by atoms with van der Waals surface area (Å²) in [7, 11) is 1.28. The number of anilines is 2. The monoisotopic (exact) mass is 442 g/mol. The average Bonchev–Trinajstić information content (AvgIpc) is 2.73. The van der Waals surface area contributed by atoms with E-state index in [-0.39, 0.29) is 11.3 Å². The summed E-state index contributed by atoms with van der Waals surface area (Å²) in [6.45, 7) is 5.72. The number of hydrogen-bond acceptors (Lipinski definition) is 5. The van der Waals surface area contributed by atoms with Crippen LogP contribution < -0.4 is 5.32 Å². The van der Waals surface area contributed by atoms with E-state index in [4.69, 9.17) is 5.11 Å². The highest BCUT2D eigenvalue weighted by Gasteiger charge is 2.33. The third-order valence-electron chi connectivity index (χ3n) is 4.50. The molecule has 0 bridgehead atoms. The van der Waals surface area contributed by atoms with Gasteiger partial charge in [0.25, 0.3) is 5.91 Å². The molecule has 2 atom stereocenters. The van der Waals surface area contributed by atoms with Gasteiger partial charge in [-0.3, -0.25) is 4.79 Å². The third kappa shape index (κ3) is 6.43. The lowest BCUT2D eigenvalue weighted by Crippen LogP contribution is -2.51. The molecule has 0 saturated heterocycles. The van der Waals surface area contributed by atoms with E-state index in [2.05, 4.69) is 5.32 Å². The molecule has 31 heavy (non-hydrogen) atoms. The first kappa shape index (κ1) is 26.4. The molecule has 9 heteroatoms. The number of carbonyl (C=O) groups is 1. The number of aliphatic hydroxyl groups is 3. The van der Waals surface area contributed by atoms with E-state index in [1.807, 2.05) is 13.8 Å². The first-order chi connectivity index (χ1) is 14.5. The molecule has 2 unspecified atom stereocenters. The Bertz CT molecular complexity index is 907. The second-order valence-electron chi connectivity index (χ2n) is 7.11. The quantitative estimate of drug-likeness (QED) is 0.528. The summed E-state index contributed by atoms with van der Waals surface area (Å²) >= 11 is 0. The molecule has 1 amide bonds. The summed E-state index contributed by atoms with van der Waals surface area (Å²) in [6.07, 6.45) is -1.53. The van der Waals surface area contributed by atoms with E-state index in [0.29, 0.717) is 5.56 Å². The maximum atomic E-state index is 14.5. The van der Waals surface area contributed by atoms with Gasteiger partial charge in [-0.05, 0) is 43.7 Å². The van der Waals surface area contributed by atoms with Gasteiger partial charge in [-0.25, -0.2) is 13.2 Å². The number of benzene rings is 2. The lowest BCUT2D eigenvalue weighted by atomic mass is 9.98. The number of nitrogens with one attached hydrogen (secondary N) is 1. The van der Waals surface area contributed by atoms with Crippen LogP contribution in [0.5, 0.6) is 0 Å². The average molecular weight is 442 g/mol. The molecular weight excluding hydrogens is 413 g/mol. The van der Waals surface area contributed by atoms with Crippen molar-refractivity contribution in [1.82, 2.24) is 4.90 Å². The van der Waals surface area contributed by atoms with Crippen LogP contribution >= 0.6 is 0 Å². The lowest BCUT2D eigenvalue weighted by Gasteiger charge is -2.32. The van der Waals surface area contributed by atoms with E-state index < -0.39 is 53.9 Å². The van der Waals surface area contributed by atoms with Crippen molar-refractivity contribution in [2.75, 3.05) is 25.5 Å². The van der Waals surface area contributed by atoms with Crippen molar-refractivity contribution in [2.24, 2.45) is 0 Å². The second-order valence-corrected chi connectivity index (χ2v) is 7.11. The largest absolute Gasteiger partial charge is 0.394 e. The van der Waals surface area contributed by atoms with Gasteiger partial charge in [-0.2, -0.15) is 0 Å². The van der Waals surface area contributed by atoms with Crippen LogP contribution in [0, 0.1) is 24.4 Å². The number of likely N-dealkylation sites (N-methyl/N-ethyl adjacent to an activating group) is 1. The highest BCUT2D eigenvalue weighted by Crippen LogP contribution is 2.29. The standard InChI is InChI=1S/C20H23F3N2O4.C2H6/c1-11-4-7-15(14(22)8-11)24-18-12(5-6-13(21)17(18)23)19(28)25(3)10-20(2,29)16(27)9-26;1-2/h4-8,16,24,26-27,29H,9-10H2,1-3H3;1-2H3. The van der Waals surface area contributed by atoms with Crippen molar-refractivity contribution in [3.8, 4) is 0 Å². The molecule has 2 aromatic rings. The summed E-state index contributed by atoms with van der Waals surface area (Å²) < 4.78 is 42.4. The Labute approximate surface area is 179 Å². The number of halogens is 3. The van der Waals surface area contributed by atoms with Gasteiger partial charge in [-0.1, -0.05) is 19.9 Å². The summed E-state index contributed by atoms with van der Waals surface area (Å²) in [6, 6.07) is 5.87. The fourth-order valence-corrected chi connectivity index (χ4v) is 2.77. The van der Waals surface area contributed by atoms with Gasteiger partial charge in [0.15, 0.2) is 11.6 Å². The van der Waals surface area contributed by atoms with Crippen LogP contribution in [-0.4, -0.2) is 58.0 Å². The Morgan fingerprint density at radius 2 is 1.77 bits per heavy atom. The Morgan fingerprint density at radius 3 is 2.32 bits per heavy atom. The zero-order valence-corrected chi connectivity index (χ0v) is 18.2. The Balaban J connectivity index is 0.00000233. The normalized spacial score (nSPS) is 13.5. The number of nitrogens with zero attached hydrogens (tertiary/aromatic N) is 1. The molecule has 0 spiro atoms. The Morgan fingerprint density at radius 1 is 1.16 bits per heavy atom. The number of aliphatic hydroxyl groups excluding tert-OH is 2. The predicted molar refractivity (Wildman–Crippen MR) is 113 cm³/mol. The number of amides is 1. The summed E-state index contributed by atoms with van der Waals surface area (Å²) in [5.74, 6) is -4.13. The van der Waals surface area contributed by atoms with Crippen molar-refractivity contribution in [1.29, 1.82) is 0 Å². The van der Waals surface area contributed by atoms with E-state index in [1.165, 1.54) is 26.1 Å². The number of rotatable bonds is 7. The molecule has 0 radical (unpaired) electrons. The van der Waals surface area contributed by atoms with E-state index in [9.17, 15) is 28.2 Å². The minimum atomic E-state index is -1.85. The van der Waals surface area contributed by atoms with Gasteiger partial charge in [0, 0.05) is 7.05 Å². The molecule has 0 aliphatic carbocycles. The van der Waals surface area contributed by atoms with Crippen molar-refractivity contribution < 1.29 is 33.3 Å². The molecule has 4 N–H and O–H groups in total. The fraction of sp³-hybridized carbons (Fsp3) is 0.409. The summed E-state index contributed by atoms with van der Waals surface area (Å²) in [5, 5.41) is 31.3. The van der Waals surface area contributed by atoms with Crippen molar-refractivity contribution in [3.63, 3.8) is 0 Å². The van der Waals surface area contributed by atoms with Gasteiger partial charge >= 0.3 is 0 Å². The third-order valence-corrected chi connectivity index (χ3v) is 4.50. The zero-order valence-electron chi connectivity index (χ0n) is 18.2. The minimum absolute atomic E-state index is 0.153. The molecule has 0 heterocycles. The number of carbonyl (C=O) groups excluding carboxylic acids is 1. The first-order valence-corrected chi connectivity index (χ1v) is 9.76. The molecule has 0 fully saturated rings. The number of aryl methyl sites for hydroxylation is 1. The van der Waals surface area contributed by atoms with Gasteiger partial charge in [0.05, 0.1) is 30.1 Å². The smallest absolute Gasteiger partial charge is 0.255 e. The molecule has 2 rings (SSSR count). The summed E-state index contributed by atoms with van der Waals surface area (Å²) in [4.78, 5) is 13.8.